The number of nitrogens with one attached hydrogen (secondary N) is 1. The van der Waals surface area contributed by atoms with Crippen LogP contribution in [0.3, 0.4) is 0 Å². The van der Waals surface area contributed by atoms with Gasteiger partial charge in [-0.25, -0.2) is 9.37 Å². The average Bonchev–Trinajstić information content (AvgIpc) is 2.40. The van der Waals surface area contributed by atoms with Gasteiger partial charge in [0.25, 0.3) is 0 Å². The fourth-order valence-electron chi connectivity index (χ4n) is 1.70. The van der Waals surface area contributed by atoms with E-state index in [0.29, 0.717) is 0 Å². The van der Waals surface area contributed by atoms with Crippen LogP contribution in [0.25, 0.3) is 0 Å². The first kappa shape index (κ1) is 13.3. The first-order valence-electron chi connectivity index (χ1n) is 6.07. The van der Waals surface area contributed by atoms with Gasteiger partial charge in [0.2, 0.25) is 0 Å². The van der Waals surface area contributed by atoms with Gasteiger partial charge in [-0.2, -0.15) is 0 Å². The van der Waals surface area contributed by atoms with Gasteiger partial charge in [0.05, 0.1) is 29.8 Å². The van der Waals surface area contributed by atoms with Crippen LogP contribution in [-0.2, 0) is 0 Å². The summed E-state index contributed by atoms with van der Waals surface area (Å²) < 4.78 is 12.8. The lowest BCUT2D eigenvalue weighted by atomic mass is 10.2. The Bertz CT molecular complexity index is 522. The van der Waals surface area contributed by atoms with E-state index < -0.39 is 0 Å². The van der Waals surface area contributed by atoms with Crippen LogP contribution < -0.4 is 10.2 Å². The number of halogens is 1. The molecule has 0 aliphatic carbocycles. The SMILES string of the molecule is CC(Nc1ccc(N(C)C)nc1)c1ccc(F)cn1. The van der Waals surface area contributed by atoms with Crippen molar-refractivity contribution >= 4 is 11.5 Å². The van der Waals surface area contributed by atoms with Crippen molar-refractivity contribution in [2.75, 3.05) is 24.3 Å². The molecule has 1 atom stereocenters. The molecule has 2 rings (SSSR count). The maximum atomic E-state index is 12.8. The van der Waals surface area contributed by atoms with Crippen LogP contribution in [-0.4, -0.2) is 24.1 Å². The van der Waals surface area contributed by atoms with Gasteiger partial charge in [0.1, 0.15) is 11.6 Å². The minimum atomic E-state index is -0.326. The maximum Gasteiger partial charge on any atom is 0.141 e. The first-order valence-corrected chi connectivity index (χ1v) is 6.07. The number of anilines is 2. The summed E-state index contributed by atoms with van der Waals surface area (Å²) in [7, 11) is 3.89. The molecule has 2 aromatic rings. The lowest BCUT2D eigenvalue weighted by Gasteiger charge is -2.16. The summed E-state index contributed by atoms with van der Waals surface area (Å²) in [4.78, 5) is 10.3. The molecule has 0 bridgehead atoms. The van der Waals surface area contributed by atoms with Crippen molar-refractivity contribution < 1.29 is 4.39 Å². The van der Waals surface area contributed by atoms with Crippen molar-refractivity contribution in [2.24, 2.45) is 0 Å². The summed E-state index contributed by atoms with van der Waals surface area (Å²) in [5, 5.41) is 3.28. The Balaban J connectivity index is 2.06. The number of aromatic nitrogens is 2. The normalized spacial score (nSPS) is 12.0. The topological polar surface area (TPSA) is 41.0 Å². The Hall–Kier alpha value is -2.17. The standard InChI is InChI=1S/C14H17FN4/c1-10(13-6-4-11(15)8-16-13)18-12-5-7-14(17-9-12)19(2)3/h4-10,18H,1-3H3. The second kappa shape index (κ2) is 5.65. The van der Waals surface area contributed by atoms with Gasteiger partial charge in [0.15, 0.2) is 0 Å². The Labute approximate surface area is 112 Å². The van der Waals surface area contributed by atoms with E-state index in [1.807, 2.05) is 38.1 Å². The van der Waals surface area contributed by atoms with E-state index in [1.54, 1.807) is 12.3 Å². The van der Waals surface area contributed by atoms with Gasteiger partial charge < -0.3 is 10.2 Å². The first-order chi connectivity index (χ1) is 9.06. The molecule has 2 heterocycles. The summed E-state index contributed by atoms with van der Waals surface area (Å²) in [6.45, 7) is 1.97. The van der Waals surface area contributed by atoms with Gasteiger partial charge in [0, 0.05) is 14.1 Å². The molecule has 5 heteroatoms. The average molecular weight is 260 g/mol. The minimum Gasteiger partial charge on any atom is -0.376 e. The summed E-state index contributed by atoms with van der Waals surface area (Å²) in [5.41, 5.74) is 1.70. The Morgan fingerprint density at radius 2 is 1.89 bits per heavy atom. The number of nitrogens with zero attached hydrogens (tertiary/aromatic N) is 3. The molecule has 1 N–H and O–H groups in total. The summed E-state index contributed by atoms with van der Waals surface area (Å²) in [6, 6.07) is 6.98. The predicted molar refractivity (Wildman–Crippen MR) is 74.8 cm³/mol. The summed E-state index contributed by atoms with van der Waals surface area (Å²) in [5.74, 6) is 0.575. The molecule has 100 valence electrons. The van der Waals surface area contributed by atoms with Crippen LogP contribution in [0.2, 0.25) is 0 Å². The molecular weight excluding hydrogens is 243 g/mol. The number of hydrogen-bond donors (Lipinski definition) is 1. The number of rotatable bonds is 4. The molecule has 0 aromatic carbocycles. The highest BCUT2D eigenvalue weighted by molar-refractivity contribution is 5.48. The molecule has 4 nitrogen and oxygen atoms in total. The van der Waals surface area contributed by atoms with E-state index in [2.05, 4.69) is 15.3 Å². The van der Waals surface area contributed by atoms with Crippen molar-refractivity contribution in [3.8, 4) is 0 Å². The van der Waals surface area contributed by atoms with E-state index in [0.717, 1.165) is 17.2 Å². The van der Waals surface area contributed by atoms with Crippen molar-refractivity contribution in [2.45, 2.75) is 13.0 Å². The van der Waals surface area contributed by atoms with Crippen LogP contribution in [0.5, 0.6) is 0 Å². The summed E-state index contributed by atoms with van der Waals surface area (Å²) >= 11 is 0. The zero-order chi connectivity index (χ0) is 13.8. The Kier molecular flexibility index (Phi) is 3.94. The number of pyridine rings is 2. The van der Waals surface area contributed by atoms with Crippen LogP contribution in [0.15, 0.2) is 36.7 Å². The second-order valence-electron chi connectivity index (χ2n) is 4.57. The molecule has 0 spiro atoms. The van der Waals surface area contributed by atoms with Crippen LogP contribution >= 0.6 is 0 Å². The summed E-state index contributed by atoms with van der Waals surface area (Å²) in [6.07, 6.45) is 3.00. The van der Waals surface area contributed by atoms with E-state index in [-0.39, 0.29) is 11.9 Å². The molecule has 0 saturated heterocycles. The smallest absolute Gasteiger partial charge is 0.141 e. The van der Waals surface area contributed by atoms with Crippen molar-refractivity contribution in [1.82, 2.24) is 9.97 Å². The fourth-order valence-corrected chi connectivity index (χ4v) is 1.70. The monoisotopic (exact) mass is 260 g/mol. The van der Waals surface area contributed by atoms with Gasteiger partial charge >= 0.3 is 0 Å². The molecule has 0 fully saturated rings. The Morgan fingerprint density at radius 3 is 2.42 bits per heavy atom. The molecule has 2 aromatic heterocycles. The van der Waals surface area contributed by atoms with Gasteiger partial charge in [-0.15, -0.1) is 0 Å². The minimum absolute atomic E-state index is 0.00685. The van der Waals surface area contributed by atoms with Crippen LogP contribution in [0.4, 0.5) is 15.9 Å². The molecule has 0 radical (unpaired) electrons. The van der Waals surface area contributed by atoms with Crippen LogP contribution in [0.1, 0.15) is 18.7 Å². The highest BCUT2D eigenvalue weighted by Crippen LogP contribution is 2.18. The van der Waals surface area contributed by atoms with Crippen molar-refractivity contribution in [3.05, 3.63) is 48.2 Å². The predicted octanol–water partition coefficient (Wildman–Crippen LogP) is 2.85. The Morgan fingerprint density at radius 1 is 1.11 bits per heavy atom. The molecule has 0 aliphatic rings. The highest BCUT2D eigenvalue weighted by atomic mass is 19.1. The van der Waals surface area contributed by atoms with Crippen molar-refractivity contribution in [1.29, 1.82) is 0 Å². The molecule has 0 saturated carbocycles. The van der Waals surface area contributed by atoms with E-state index >= 15 is 0 Å². The van der Waals surface area contributed by atoms with Gasteiger partial charge in [-0.3, -0.25) is 4.98 Å². The largest absolute Gasteiger partial charge is 0.376 e. The zero-order valence-corrected chi connectivity index (χ0v) is 11.3. The second-order valence-corrected chi connectivity index (χ2v) is 4.57. The lowest BCUT2D eigenvalue weighted by Crippen LogP contribution is -2.12. The molecule has 0 amide bonds. The quantitative estimate of drug-likeness (QED) is 0.917. The third-order valence-electron chi connectivity index (χ3n) is 2.78. The molecule has 0 aliphatic heterocycles. The van der Waals surface area contributed by atoms with E-state index in [9.17, 15) is 4.39 Å². The maximum absolute atomic E-state index is 12.8. The lowest BCUT2D eigenvalue weighted by molar-refractivity contribution is 0.617. The fraction of sp³-hybridized carbons (Fsp3) is 0.286. The van der Waals surface area contributed by atoms with Crippen molar-refractivity contribution in [3.63, 3.8) is 0 Å². The third kappa shape index (κ3) is 3.40. The molecule has 19 heavy (non-hydrogen) atoms. The van der Waals surface area contributed by atoms with Crippen LogP contribution in [0, 0.1) is 5.82 Å². The zero-order valence-electron chi connectivity index (χ0n) is 11.3. The van der Waals surface area contributed by atoms with Gasteiger partial charge in [-0.05, 0) is 31.2 Å². The highest BCUT2D eigenvalue weighted by Gasteiger charge is 2.07. The third-order valence-corrected chi connectivity index (χ3v) is 2.78. The van der Waals surface area contributed by atoms with Gasteiger partial charge in [-0.1, -0.05) is 0 Å². The molecular formula is C14H17FN4. The molecule has 1 unspecified atom stereocenters. The van der Waals surface area contributed by atoms with E-state index in [1.165, 1.54) is 12.3 Å². The van der Waals surface area contributed by atoms with E-state index in [4.69, 9.17) is 0 Å². The number of hydrogen-bond acceptors (Lipinski definition) is 4.